The summed E-state index contributed by atoms with van der Waals surface area (Å²) in [5.74, 6) is 0.928. The van der Waals surface area contributed by atoms with Crippen molar-refractivity contribution < 1.29 is 4.79 Å². The largest absolute Gasteiger partial charge is 0.353 e. The van der Waals surface area contributed by atoms with Crippen molar-refractivity contribution in [3.05, 3.63) is 84.6 Å². The molecule has 1 atom stereocenters. The quantitative estimate of drug-likeness (QED) is 0.311. The van der Waals surface area contributed by atoms with Crippen LogP contribution in [0.5, 0.6) is 0 Å². The van der Waals surface area contributed by atoms with Crippen LogP contribution in [0.1, 0.15) is 18.1 Å². The molecule has 0 N–H and O–H groups in total. The first kappa shape index (κ1) is 27.1. The van der Waals surface area contributed by atoms with E-state index in [1.165, 1.54) is 0 Å². The van der Waals surface area contributed by atoms with Crippen LogP contribution in [0, 0.1) is 11.3 Å². The standard InChI is InChI=1S/C31H32N10O/c1-31(37(2)3,25-8-6-5-7-9-25)30(42)40-14-12-39(13-15-40)27-11-10-22(17-33-27)28-29-23(16-32)18-35-41(29)21-26(36-28)24-19-34-38(4)20-24/h5-11,17-21H,12-15H2,1-4H3/t31-/m1/s1. The van der Waals surface area contributed by atoms with Gasteiger partial charge in [-0.2, -0.15) is 15.5 Å². The molecule has 0 saturated carbocycles. The molecule has 5 aromatic rings. The van der Waals surface area contributed by atoms with Crippen molar-refractivity contribution in [3.8, 4) is 28.6 Å². The number of nitriles is 1. The molecule has 1 amide bonds. The van der Waals surface area contributed by atoms with Gasteiger partial charge in [0.25, 0.3) is 0 Å². The van der Waals surface area contributed by atoms with E-state index in [4.69, 9.17) is 9.97 Å². The number of carbonyl (C=O) groups excluding carboxylic acids is 1. The van der Waals surface area contributed by atoms with Crippen LogP contribution in [0.15, 0.2) is 73.4 Å². The first-order valence-corrected chi connectivity index (χ1v) is 13.8. The number of nitrogens with zero attached hydrogens (tertiary/aromatic N) is 10. The van der Waals surface area contributed by atoms with E-state index in [2.05, 4.69) is 21.2 Å². The molecular weight excluding hydrogens is 528 g/mol. The average molecular weight is 561 g/mol. The zero-order chi connectivity index (χ0) is 29.4. The molecule has 0 aliphatic carbocycles. The fourth-order valence-corrected chi connectivity index (χ4v) is 5.49. The Bertz CT molecular complexity index is 1780. The van der Waals surface area contributed by atoms with E-state index in [1.807, 2.05) is 86.5 Å². The second kappa shape index (κ2) is 10.7. The summed E-state index contributed by atoms with van der Waals surface area (Å²) in [6.07, 6.45) is 8.78. The molecule has 42 heavy (non-hydrogen) atoms. The van der Waals surface area contributed by atoms with Crippen molar-refractivity contribution in [1.82, 2.24) is 39.2 Å². The van der Waals surface area contributed by atoms with E-state index in [1.54, 1.807) is 34.0 Å². The fraction of sp³-hybridized carbons (Fsp3) is 0.290. The van der Waals surface area contributed by atoms with Crippen LogP contribution in [0.3, 0.4) is 0 Å². The molecule has 0 radical (unpaired) electrons. The van der Waals surface area contributed by atoms with Gasteiger partial charge in [0.15, 0.2) is 0 Å². The Morgan fingerprint density at radius 2 is 1.71 bits per heavy atom. The monoisotopic (exact) mass is 560 g/mol. The smallest absolute Gasteiger partial charge is 0.247 e. The Hall–Kier alpha value is -5.08. The molecule has 1 fully saturated rings. The summed E-state index contributed by atoms with van der Waals surface area (Å²) in [7, 11) is 5.75. The molecule has 0 unspecified atom stereocenters. The van der Waals surface area contributed by atoms with Gasteiger partial charge in [0.1, 0.15) is 28.5 Å². The number of rotatable bonds is 6. The Kier molecular flexibility index (Phi) is 6.92. The third kappa shape index (κ3) is 4.65. The molecule has 6 rings (SSSR count). The number of aromatic nitrogens is 6. The Labute approximate surface area is 244 Å². The summed E-state index contributed by atoms with van der Waals surface area (Å²) in [5, 5.41) is 18.4. The number of carbonyl (C=O) groups is 1. The van der Waals surface area contributed by atoms with E-state index in [9.17, 15) is 10.1 Å². The highest BCUT2D eigenvalue weighted by atomic mass is 16.2. The van der Waals surface area contributed by atoms with Crippen LogP contribution < -0.4 is 4.90 Å². The highest BCUT2D eigenvalue weighted by molar-refractivity contribution is 5.87. The molecule has 1 aromatic carbocycles. The number of hydrogen-bond donors (Lipinski definition) is 0. The van der Waals surface area contributed by atoms with Gasteiger partial charge in [0.2, 0.25) is 5.91 Å². The lowest BCUT2D eigenvalue weighted by Gasteiger charge is -2.43. The first-order chi connectivity index (χ1) is 20.3. The third-order valence-corrected chi connectivity index (χ3v) is 8.18. The Morgan fingerprint density at radius 1 is 0.952 bits per heavy atom. The maximum atomic E-state index is 13.8. The number of pyridine rings is 1. The van der Waals surface area contributed by atoms with Crippen molar-refractivity contribution in [2.75, 3.05) is 45.2 Å². The molecule has 4 aromatic heterocycles. The molecule has 1 aliphatic heterocycles. The van der Waals surface area contributed by atoms with Crippen molar-refractivity contribution in [1.29, 1.82) is 5.26 Å². The molecular formula is C31H32N10O. The van der Waals surface area contributed by atoms with Gasteiger partial charge in [-0.15, -0.1) is 0 Å². The van der Waals surface area contributed by atoms with Crippen LogP contribution in [-0.2, 0) is 17.4 Å². The maximum absolute atomic E-state index is 13.8. The van der Waals surface area contributed by atoms with Gasteiger partial charge in [-0.3, -0.25) is 14.4 Å². The minimum absolute atomic E-state index is 0.0966. The number of aryl methyl sites for hydroxylation is 1. The Morgan fingerprint density at radius 3 is 2.33 bits per heavy atom. The number of piperazine rings is 1. The van der Waals surface area contributed by atoms with Gasteiger partial charge in [0.05, 0.1) is 30.0 Å². The van der Waals surface area contributed by atoms with E-state index in [0.717, 1.165) is 22.5 Å². The van der Waals surface area contributed by atoms with Gasteiger partial charge in [-0.25, -0.2) is 14.5 Å². The SMILES string of the molecule is CN(C)[C@@](C)(C(=O)N1CCN(c2ccc(-c3nc(-c4cnn(C)c4)cn4ncc(C#N)c34)cn2)CC1)c1ccccc1. The van der Waals surface area contributed by atoms with E-state index in [-0.39, 0.29) is 5.91 Å². The zero-order valence-corrected chi connectivity index (χ0v) is 24.1. The van der Waals surface area contributed by atoms with E-state index < -0.39 is 5.54 Å². The summed E-state index contributed by atoms with van der Waals surface area (Å²) in [4.78, 5) is 29.6. The van der Waals surface area contributed by atoms with Crippen LogP contribution >= 0.6 is 0 Å². The molecule has 1 saturated heterocycles. The highest BCUT2D eigenvalue weighted by Gasteiger charge is 2.41. The van der Waals surface area contributed by atoms with Crippen molar-refractivity contribution in [2.45, 2.75) is 12.5 Å². The summed E-state index contributed by atoms with van der Waals surface area (Å²) < 4.78 is 3.40. The predicted octanol–water partition coefficient (Wildman–Crippen LogP) is 3.19. The average Bonchev–Trinajstić information content (AvgIpc) is 3.66. The lowest BCUT2D eigenvalue weighted by molar-refractivity contribution is -0.143. The van der Waals surface area contributed by atoms with Crippen LogP contribution in [0.2, 0.25) is 0 Å². The van der Waals surface area contributed by atoms with Crippen molar-refractivity contribution >= 4 is 17.2 Å². The number of likely N-dealkylation sites (N-methyl/N-ethyl adjacent to an activating group) is 1. The second-order valence-electron chi connectivity index (χ2n) is 10.9. The molecule has 11 heteroatoms. The first-order valence-electron chi connectivity index (χ1n) is 13.8. The van der Waals surface area contributed by atoms with E-state index in [0.29, 0.717) is 48.6 Å². The highest BCUT2D eigenvalue weighted by Crippen LogP contribution is 2.31. The number of fused-ring (bicyclic) bond motifs is 1. The van der Waals surface area contributed by atoms with Crippen LogP contribution in [0.25, 0.3) is 28.0 Å². The number of hydrogen-bond acceptors (Lipinski definition) is 8. The lowest BCUT2D eigenvalue weighted by Crippen LogP contribution is -2.58. The molecule has 1 aliphatic rings. The summed E-state index contributed by atoms with van der Waals surface area (Å²) in [6.45, 7) is 4.56. The molecule has 0 spiro atoms. The zero-order valence-electron chi connectivity index (χ0n) is 24.1. The Balaban J connectivity index is 1.23. The van der Waals surface area contributed by atoms with Crippen molar-refractivity contribution in [2.24, 2.45) is 7.05 Å². The van der Waals surface area contributed by atoms with Crippen LogP contribution in [-0.4, -0.2) is 85.3 Å². The minimum Gasteiger partial charge on any atom is -0.353 e. The maximum Gasteiger partial charge on any atom is 0.247 e. The van der Waals surface area contributed by atoms with E-state index >= 15 is 0 Å². The normalized spacial score (nSPS) is 15.1. The number of benzene rings is 1. The van der Waals surface area contributed by atoms with Crippen LogP contribution in [0.4, 0.5) is 5.82 Å². The summed E-state index contributed by atoms with van der Waals surface area (Å²) in [6, 6.07) is 16.1. The third-order valence-electron chi connectivity index (χ3n) is 8.18. The summed E-state index contributed by atoms with van der Waals surface area (Å²) >= 11 is 0. The lowest BCUT2D eigenvalue weighted by atomic mass is 9.89. The van der Waals surface area contributed by atoms with Crippen molar-refractivity contribution in [3.63, 3.8) is 0 Å². The van der Waals surface area contributed by atoms with Gasteiger partial charge >= 0.3 is 0 Å². The van der Waals surface area contributed by atoms with Gasteiger partial charge in [0, 0.05) is 56.7 Å². The summed E-state index contributed by atoms with van der Waals surface area (Å²) in [5.41, 5.74) is 4.27. The molecule has 0 bridgehead atoms. The molecule has 5 heterocycles. The van der Waals surface area contributed by atoms with Gasteiger partial charge < -0.3 is 9.80 Å². The molecule has 212 valence electrons. The predicted molar refractivity (Wildman–Crippen MR) is 159 cm³/mol. The number of amides is 1. The fourth-order valence-electron chi connectivity index (χ4n) is 5.49. The number of anilines is 1. The topological polar surface area (TPSA) is 111 Å². The second-order valence-corrected chi connectivity index (χ2v) is 10.9. The van der Waals surface area contributed by atoms with Gasteiger partial charge in [-0.05, 0) is 38.7 Å². The molecule has 11 nitrogen and oxygen atoms in total. The minimum atomic E-state index is -0.748. The van der Waals surface area contributed by atoms with Gasteiger partial charge in [-0.1, -0.05) is 30.3 Å².